The van der Waals surface area contributed by atoms with E-state index in [1.807, 2.05) is 36.5 Å². The van der Waals surface area contributed by atoms with E-state index in [9.17, 15) is 9.59 Å². The molecule has 2 amide bonds. The Morgan fingerprint density at radius 2 is 1.92 bits per heavy atom. The average Bonchev–Trinajstić information content (AvgIpc) is 3.32. The second-order valence-corrected chi connectivity index (χ2v) is 5.39. The molecule has 7 nitrogen and oxygen atoms in total. The number of nitrogens with one attached hydrogen (secondary N) is 2. The molecule has 0 atom stereocenters. The quantitative estimate of drug-likeness (QED) is 0.688. The molecule has 0 unspecified atom stereocenters. The van der Waals surface area contributed by atoms with E-state index in [1.54, 1.807) is 23.0 Å². The number of para-hydroxylation sites is 1. The Morgan fingerprint density at radius 1 is 1.08 bits per heavy atom. The third-order valence-electron chi connectivity index (χ3n) is 3.53. The molecular weight excluding hydrogens is 320 g/mol. The summed E-state index contributed by atoms with van der Waals surface area (Å²) in [6, 6.07) is 12.9. The van der Waals surface area contributed by atoms with Crippen LogP contribution in [0.5, 0.6) is 0 Å². The highest BCUT2D eigenvalue weighted by molar-refractivity contribution is 5.91. The van der Waals surface area contributed by atoms with Gasteiger partial charge in [-0.25, -0.2) is 4.68 Å². The number of hydrogen-bond acceptors (Lipinski definition) is 4. The molecule has 0 spiro atoms. The van der Waals surface area contributed by atoms with E-state index in [4.69, 9.17) is 4.42 Å². The fourth-order valence-corrected chi connectivity index (χ4v) is 2.25. The Labute approximate surface area is 144 Å². The first kappa shape index (κ1) is 16.5. The maximum atomic E-state index is 11.8. The monoisotopic (exact) mass is 338 g/mol. The molecule has 2 heterocycles. The summed E-state index contributed by atoms with van der Waals surface area (Å²) in [5.74, 6) is -0.247. The van der Waals surface area contributed by atoms with Crippen molar-refractivity contribution >= 4 is 11.8 Å². The molecule has 0 saturated heterocycles. The summed E-state index contributed by atoms with van der Waals surface area (Å²) < 4.78 is 6.73. The number of furan rings is 1. The van der Waals surface area contributed by atoms with E-state index in [2.05, 4.69) is 15.7 Å². The molecule has 3 aromatic rings. The Morgan fingerprint density at radius 3 is 2.68 bits per heavy atom. The smallest absolute Gasteiger partial charge is 0.286 e. The van der Waals surface area contributed by atoms with Crippen molar-refractivity contribution in [3.8, 4) is 5.69 Å². The van der Waals surface area contributed by atoms with Crippen LogP contribution in [-0.2, 0) is 11.3 Å². The number of benzene rings is 1. The van der Waals surface area contributed by atoms with Gasteiger partial charge in [0.25, 0.3) is 5.91 Å². The van der Waals surface area contributed by atoms with Crippen molar-refractivity contribution in [3.63, 3.8) is 0 Å². The van der Waals surface area contributed by atoms with Gasteiger partial charge in [-0.3, -0.25) is 9.59 Å². The van der Waals surface area contributed by atoms with Gasteiger partial charge in [0.2, 0.25) is 5.91 Å². The van der Waals surface area contributed by atoms with Crippen molar-refractivity contribution in [3.05, 3.63) is 72.4 Å². The summed E-state index contributed by atoms with van der Waals surface area (Å²) in [5.41, 5.74) is 1.86. The third kappa shape index (κ3) is 4.57. The topological polar surface area (TPSA) is 89.2 Å². The predicted octanol–water partition coefficient (Wildman–Crippen LogP) is 1.90. The molecule has 1 aromatic carbocycles. The van der Waals surface area contributed by atoms with Crippen LogP contribution in [0.15, 0.2) is 65.5 Å². The van der Waals surface area contributed by atoms with Crippen LogP contribution in [-0.4, -0.2) is 28.1 Å². The van der Waals surface area contributed by atoms with Crippen molar-refractivity contribution in [2.45, 2.75) is 13.0 Å². The molecule has 0 aliphatic carbocycles. The highest BCUT2D eigenvalue weighted by Crippen LogP contribution is 2.07. The maximum absolute atomic E-state index is 11.8. The summed E-state index contributed by atoms with van der Waals surface area (Å²) in [5, 5.41) is 9.71. The molecular formula is C18H18N4O3. The van der Waals surface area contributed by atoms with E-state index in [0.29, 0.717) is 6.54 Å². The van der Waals surface area contributed by atoms with E-state index in [1.165, 1.54) is 6.26 Å². The molecule has 3 rings (SSSR count). The van der Waals surface area contributed by atoms with Gasteiger partial charge in [0.1, 0.15) is 0 Å². The predicted molar refractivity (Wildman–Crippen MR) is 91.1 cm³/mol. The first-order valence-electron chi connectivity index (χ1n) is 7.90. The highest BCUT2D eigenvalue weighted by atomic mass is 16.3. The van der Waals surface area contributed by atoms with Gasteiger partial charge in [-0.1, -0.05) is 18.2 Å². The van der Waals surface area contributed by atoms with E-state index in [-0.39, 0.29) is 30.5 Å². The van der Waals surface area contributed by atoms with E-state index in [0.717, 1.165) is 11.3 Å². The lowest BCUT2D eigenvalue weighted by Crippen LogP contribution is -2.30. The minimum atomic E-state index is -0.332. The van der Waals surface area contributed by atoms with Crippen LogP contribution < -0.4 is 10.6 Å². The van der Waals surface area contributed by atoms with Crippen molar-refractivity contribution in [1.29, 1.82) is 0 Å². The lowest BCUT2D eigenvalue weighted by atomic mass is 10.3. The molecule has 2 N–H and O–H groups in total. The fourth-order valence-electron chi connectivity index (χ4n) is 2.25. The lowest BCUT2D eigenvalue weighted by molar-refractivity contribution is -0.121. The van der Waals surface area contributed by atoms with Gasteiger partial charge >= 0.3 is 0 Å². The zero-order valence-corrected chi connectivity index (χ0v) is 13.5. The summed E-state index contributed by atoms with van der Waals surface area (Å²) in [4.78, 5) is 23.5. The molecule has 0 bridgehead atoms. The van der Waals surface area contributed by atoms with Crippen LogP contribution in [0.4, 0.5) is 0 Å². The molecule has 0 aliphatic rings. The van der Waals surface area contributed by atoms with Gasteiger partial charge < -0.3 is 15.1 Å². The minimum absolute atomic E-state index is 0.146. The Hall–Kier alpha value is -3.35. The van der Waals surface area contributed by atoms with Crippen LogP contribution in [0, 0.1) is 0 Å². The van der Waals surface area contributed by atoms with E-state index >= 15 is 0 Å². The highest BCUT2D eigenvalue weighted by Gasteiger charge is 2.09. The van der Waals surface area contributed by atoms with Gasteiger partial charge in [-0.15, -0.1) is 0 Å². The Balaban J connectivity index is 1.41. The first-order valence-corrected chi connectivity index (χ1v) is 7.90. The SMILES string of the molecule is O=C(CCNC(=O)c1ccco1)NCc1cnn(-c2ccccc2)c1. The minimum Gasteiger partial charge on any atom is -0.459 e. The molecule has 0 fully saturated rings. The molecule has 7 heteroatoms. The molecule has 0 saturated carbocycles. The normalized spacial score (nSPS) is 10.4. The summed E-state index contributed by atoms with van der Waals surface area (Å²) in [7, 11) is 0. The second-order valence-electron chi connectivity index (χ2n) is 5.39. The van der Waals surface area contributed by atoms with Crippen LogP contribution in [0.2, 0.25) is 0 Å². The van der Waals surface area contributed by atoms with Crippen molar-refractivity contribution < 1.29 is 14.0 Å². The van der Waals surface area contributed by atoms with Crippen molar-refractivity contribution in [1.82, 2.24) is 20.4 Å². The molecule has 0 aliphatic heterocycles. The maximum Gasteiger partial charge on any atom is 0.286 e. The van der Waals surface area contributed by atoms with E-state index < -0.39 is 0 Å². The van der Waals surface area contributed by atoms with Crippen molar-refractivity contribution in [2.24, 2.45) is 0 Å². The Bertz CT molecular complexity index is 825. The van der Waals surface area contributed by atoms with Crippen molar-refractivity contribution in [2.75, 3.05) is 6.54 Å². The van der Waals surface area contributed by atoms with Gasteiger partial charge in [0.15, 0.2) is 5.76 Å². The number of nitrogens with zero attached hydrogens (tertiary/aromatic N) is 2. The summed E-state index contributed by atoms with van der Waals surface area (Å²) >= 11 is 0. The second kappa shape index (κ2) is 7.96. The third-order valence-corrected chi connectivity index (χ3v) is 3.53. The van der Waals surface area contributed by atoms with Crippen LogP contribution in [0.3, 0.4) is 0 Å². The standard InChI is InChI=1S/C18H18N4O3/c23-17(8-9-19-18(24)16-7-4-10-25-16)20-11-14-12-21-22(13-14)15-5-2-1-3-6-15/h1-7,10,12-13H,8-9,11H2,(H,19,24)(H,20,23). The summed E-state index contributed by atoms with van der Waals surface area (Å²) in [6.07, 6.45) is 5.21. The largest absolute Gasteiger partial charge is 0.459 e. The number of aromatic nitrogens is 2. The number of carbonyl (C=O) groups is 2. The number of carbonyl (C=O) groups excluding carboxylic acids is 2. The Kier molecular flexibility index (Phi) is 5.26. The molecule has 0 radical (unpaired) electrons. The van der Waals surface area contributed by atoms with Gasteiger partial charge in [-0.2, -0.15) is 5.10 Å². The van der Waals surface area contributed by atoms with Crippen LogP contribution in [0.25, 0.3) is 5.69 Å². The number of rotatable bonds is 7. The average molecular weight is 338 g/mol. The fraction of sp³-hybridized carbons (Fsp3) is 0.167. The van der Waals surface area contributed by atoms with Crippen LogP contribution in [0.1, 0.15) is 22.5 Å². The zero-order chi connectivity index (χ0) is 17.5. The lowest BCUT2D eigenvalue weighted by Gasteiger charge is -2.05. The van der Waals surface area contributed by atoms with Gasteiger partial charge in [0.05, 0.1) is 18.1 Å². The number of hydrogen-bond donors (Lipinski definition) is 2. The van der Waals surface area contributed by atoms with Gasteiger partial charge in [-0.05, 0) is 24.3 Å². The number of amides is 2. The van der Waals surface area contributed by atoms with Crippen LogP contribution >= 0.6 is 0 Å². The summed E-state index contributed by atoms with van der Waals surface area (Å²) in [6.45, 7) is 0.631. The molecule has 128 valence electrons. The molecule has 2 aromatic heterocycles. The van der Waals surface area contributed by atoms with Gasteiger partial charge in [0, 0.05) is 31.3 Å². The first-order chi connectivity index (χ1) is 12.2. The molecule has 25 heavy (non-hydrogen) atoms. The zero-order valence-electron chi connectivity index (χ0n) is 13.5.